The number of nitrogens with zero attached hydrogens (tertiary/aromatic N) is 2. The highest BCUT2D eigenvalue weighted by Crippen LogP contribution is 2.52. The van der Waals surface area contributed by atoms with Gasteiger partial charge in [-0.2, -0.15) is 0 Å². The topological polar surface area (TPSA) is 57.4 Å². The highest BCUT2D eigenvalue weighted by Gasteiger charge is 2.28. The number of H-pyrrole nitrogens is 2. The Labute approximate surface area is 403 Å². The van der Waals surface area contributed by atoms with Gasteiger partial charge in [-0.05, 0) is 141 Å². The molecule has 4 aliphatic rings. The van der Waals surface area contributed by atoms with Gasteiger partial charge in [-0.1, -0.05) is 178 Å². The van der Waals surface area contributed by atoms with Crippen LogP contribution in [0.5, 0.6) is 0 Å². The third-order valence-electron chi connectivity index (χ3n) is 15.7. The lowest BCUT2D eigenvalue weighted by atomic mass is 9.94. The fourth-order valence-electron chi connectivity index (χ4n) is 12.4. The minimum absolute atomic E-state index is 1.03. The van der Waals surface area contributed by atoms with Crippen molar-refractivity contribution < 1.29 is 0 Å². The third kappa shape index (κ3) is 7.96. The third-order valence-corrected chi connectivity index (χ3v) is 15.7. The molecule has 0 radical (unpaired) electrons. The van der Waals surface area contributed by atoms with Crippen molar-refractivity contribution in [2.75, 3.05) is 0 Å². The number of aromatic nitrogens is 4. The fraction of sp³-hybridized carbons (Fsp3) is 0.375. The van der Waals surface area contributed by atoms with E-state index < -0.39 is 0 Å². The van der Waals surface area contributed by atoms with Crippen LogP contribution >= 0.6 is 0 Å². The second-order valence-electron chi connectivity index (χ2n) is 20.3. The first-order valence-electron chi connectivity index (χ1n) is 26.9. The van der Waals surface area contributed by atoms with Crippen LogP contribution in [0.1, 0.15) is 166 Å². The first-order valence-corrected chi connectivity index (χ1v) is 26.9. The van der Waals surface area contributed by atoms with Gasteiger partial charge in [0.2, 0.25) is 0 Å². The van der Waals surface area contributed by atoms with Crippen LogP contribution in [0.4, 0.5) is 0 Å². The monoisotopic (exact) mass is 895 g/mol. The zero-order chi connectivity index (χ0) is 46.1. The van der Waals surface area contributed by atoms with Crippen LogP contribution in [0.15, 0.2) is 97.1 Å². The molecule has 7 aromatic rings. The standard InChI is InChI=1S/C64H70N4/c1-5-9-13-17-29-43-45(31-19-15-11-7-3)53-38-55-61-47-33-21-25-41-27-23-35-49(59(41)47)63(61)57(67-55)40-58-64-50-36-24-28-42-26-22-34-48(60(42)50)62(64)56(68-58)39-54-46(32-20-16-12-8-4)44(30-18-14-10-6-2)52(66-54)37-51(43)65-53/h21-28,33-40,65,68H,5-20,29-32H2,1-4H3. The lowest BCUT2D eigenvalue weighted by molar-refractivity contribution is 0.654. The Morgan fingerprint density at radius 3 is 1.31 bits per heavy atom. The van der Waals surface area contributed by atoms with E-state index in [0.717, 1.165) is 53.4 Å². The normalized spacial score (nSPS) is 12.9. The molecule has 346 valence electrons. The first kappa shape index (κ1) is 44.5. The molecule has 0 fully saturated rings. The SMILES string of the molecule is CCCCCCC1=C(CCCCCC)c2cc3[nH]c(cc4nc(cc5[nH]c(cc1n2)c(CCCCCC)c5CCCCCC)c1c2cccc5cccc(c4=1)c52)c1c3-c2cccc3cccc-1c23. The van der Waals surface area contributed by atoms with E-state index in [1.165, 1.54) is 207 Å². The summed E-state index contributed by atoms with van der Waals surface area (Å²) in [6.45, 7) is 9.30. The molecule has 68 heavy (non-hydrogen) atoms. The second-order valence-corrected chi connectivity index (χ2v) is 20.3. The van der Waals surface area contributed by atoms with E-state index in [4.69, 9.17) is 9.97 Å². The Bertz CT molecular complexity index is 3510. The first-order chi connectivity index (χ1) is 33.6. The Balaban J connectivity index is 1.29. The van der Waals surface area contributed by atoms with Gasteiger partial charge < -0.3 is 9.97 Å². The van der Waals surface area contributed by atoms with E-state index in [0.29, 0.717) is 0 Å². The molecule has 0 spiro atoms. The van der Waals surface area contributed by atoms with Crippen LogP contribution in [-0.4, -0.2) is 19.9 Å². The fourth-order valence-corrected chi connectivity index (χ4v) is 12.4. The molecule has 3 aromatic heterocycles. The summed E-state index contributed by atoms with van der Waals surface area (Å²) in [5, 5.41) is 10.4. The maximum atomic E-state index is 5.82. The van der Waals surface area contributed by atoms with E-state index in [1.54, 1.807) is 0 Å². The second kappa shape index (κ2) is 19.5. The zero-order valence-electron chi connectivity index (χ0n) is 41.3. The van der Waals surface area contributed by atoms with Gasteiger partial charge in [-0.15, -0.1) is 0 Å². The van der Waals surface area contributed by atoms with Crippen molar-refractivity contribution in [1.82, 2.24) is 19.9 Å². The van der Waals surface area contributed by atoms with Crippen LogP contribution in [0.2, 0.25) is 0 Å². The molecule has 4 nitrogen and oxygen atoms in total. The molecule has 0 unspecified atom stereocenters. The summed E-state index contributed by atoms with van der Waals surface area (Å²) in [7, 11) is 0. The van der Waals surface area contributed by atoms with Gasteiger partial charge in [-0.25, -0.2) is 9.97 Å². The molecule has 4 heteroatoms. The molecular weight excluding hydrogens is 825 g/mol. The molecule has 0 atom stereocenters. The smallest absolute Gasteiger partial charge is 0.0743 e. The number of hydrogen-bond donors (Lipinski definition) is 2. The van der Waals surface area contributed by atoms with Crippen molar-refractivity contribution in [3.8, 4) is 22.3 Å². The summed E-state index contributed by atoms with van der Waals surface area (Å²) in [6.07, 6.45) is 24.1. The van der Waals surface area contributed by atoms with Crippen molar-refractivity contribution >= 4 is 76.6 Å². The molecule has 11 rings (SSSR count). The maximum absolute atomic E-state index is 5.82. The van der Waals surface area contributed by atoms with Crippen LogP contribution in [0.25, 0.3) is 98.8 Å². The Hall–Kier alpha value is -6.00. The van der Waals surface area contributed by atoms with Gasteiger partial charge in [0.25, 0.3) is 0 Å². The average Bonchev–Trinajstić information content (AvgIpc) is 4.19. The number of fused-ring (bicyclic) bond motifs is 17. The van der Waals surface area contributed by atoms with Gasteiger partial charge in [0.15, 0.2) is 0 Å². The summed E-state index contributed by atoms with van der Waals surface area (Å²) in [4.78, 5) is 19.9. The molecule has 0 saturated carbocycles. The number of benzene rings is 4. The quantitative estimate of drug-likeness (QED) is 0.0749. The lowest BCUT2D eigenvalue weighted by Crippen LogP contribution is -1.93. The number of unbranched alkanes of at least 4 members (excludes halogenated alkanes) is 12. The van der Waals surface area contributed by atoms with E-state index >= 15 is 0 Å². The predicted molar refractivity (Wildman–Crippen MR) is 293 cm³/mol. The van der Waals surface area contributed by atoms with Crippen molar-refractivity contribution in [2.45, 2.75) is 156 Å². The van der Waals surface area contributed by atoms with Crippen LogP contribution < -0.4 is 0 Å². The van der Waals surface area contributed by atoms with Crippen molar-refractivity contribution in [2.24, 2.45) is 0 Å². The number of nitrogens with one attached hydrogen (secondary N) is 2. The minimum atomic E-state index is 1.03. The summed E-state index contributed by atoms with van der Waals surface area (Å²) < 4.78 is 0. The van der Waals surface area contributed by atoms with E-state index in [9.17, 15) is 0 Å². The molecule has 5 heterocycles. The number of rotatable bonds is 20. The minimum Gasteiger partial charge on any atom is -0.355 e. The number of hydrogen-bond acceptors (Lipinski definition) is 2. The number of allylic oxidation sites excluding steroid dienone is 2. The van der Waals surface area contributed by atoms with Crippen LogP contribution in [0, 0.1) is 10.4 Å². The molecule has 2 N–H and O–H groups in total. The predicted octanol–water partition coefficient (Wildman–Crippen LogP) is 19.0. The van der Waals surface area contributed by atoms with Crippen molar-refractivity contribution in [3.05, 3.63) is 130 Å². The summed E-state index contributed by atoms with van der Waals surface area (Å²) in [5.41, 5.74) is 20.2. The van der Waals surface area contributed by atoms with Gasteiger partial charge >= 0.3 is 0 Å². The van der Waals surface area contributed by atoms with Crippen molar-refractivity contribution in [3.63, 3.8) is 0 Å². The molecular formula is C64H70N4. The van der Waals surface area contributed by atoms with Gasteiger partial charge in [0, 0.05) is 43.6 Å². The lowest BCUT2D eigenvalue weighted by Gasteiger charge is -2.09. The summed E-state index contributed by atoms with van der Waals surface area (Å²) in [6, 6.07) is 37.1. The maximum Gasteiger partial charge on any atom is 0.0743 e. The van der Waals surface area contributed by atoms with Crippen LogP contribution in [0.3, 0.4) is 0 Å². The largest absolute Gasteiger partial charge is 0.355 e. The summed E-state index contributed by atoms with van der Waals surface area (Å²) in [5.74, 6) is 0. The molecule has 8 bridgehead atoms. The molecule has 2 aliphatic carbocycles. The molecule has 4 aromatic carbocycles. The summed E-state index contributed by atoms with van der Waals surface area (Å²) >= 11 is 0. The Morgan fingerprint density at radius 1 is 0.382 bits per heavy atom. The Morgan fingerprint density at radius 2 is 0.794 bits per heavy atom. The van der Waals surface area contributed by atoms with E-state index in [1.807, 2.05) is 0 Å². The van der Waals surface area contributed by atoms with Gasteiger partial charge in [0.1, 0.15) is 0 Å². The zero-order valence-corrected chi connectivity index (χ0v) is 41.3. The average molecular weight is 895 g/mol. The Kier molecular flexibility index (Phi) is 12.8. The highest BCUT2D eigenvalue weighted by molar-refractivity contribution is 6.23. The number of aromatic amines is 2. The molecule has 0 amide bonds. The van der Waals surface area contributed by atoms with E-state index in [-0.39, 0.29) is 0 Å². The molecule has 2 aliphatic heterocycles. The van der Waals surface area contributed by atoms with Crippen molar-refractivity contribution in [1.29, 1.82) is 0 Å². The number of aryl methyl sites for hydroxylation is 2. The highest BCUT2D eigenvalue weighted by atomic mass is 14.8. The van der Waals surface area contributed by atoms with Crippen LogP contribution in [-0.2, 0) is 12.8 Å². The molecule has 0 saturated heterocycles. The van der Waals surface area contributed by atoms with E-state index in [2.05, 4.69) is 135 Å². The van der Waals surface area contributed by atoms with Gasteiger partial charge in [-0.3, -0.25) is 0 Å². The van der Waals surface area contributed by atoms with Gasteiger partial charge in [0.05, 0.1) is 22.4 Å².